The first-order valence-corrected chi connectivity index (χ1v) is 9.93. The predicted octanol–water partition coefficient (Wildman–Crippen LogP) is 4.74. The van der Waals surface area contributed by atoms with Gasteiger partial charge in [-0.1, -0.05) is 35.1 Å². The third-order valence-electron chi connectivity index (χ3n) is 5.69. The summed E-state index contributed by atoms with van der Waals surface area (Å²) in [7, 11) is 0. The van der Waals surface area contributed by atoms with Gasteiger partial charge in [0.25, 0.3) is 0 Å². The Labute approximate surface area is 142 Å². The van der Waals surface area contributed by atoms with Crippen molar-refractivity contribution < 1.29 is 0 Å². The summed E-state index contributed by atoms with van der Waals surface area (Å²) in [6.45, 7) is 0. The first-order valence-electron chi connectivity index (χ1n) is 7.86. The molecule has 1 aromatic carbocycles. The van der Waals surface area contributed by atoms with Crippen LogP contribution in [-0.4, -0.2) is 10.2 Å². The van der Waals surface area contributed by atoms with Crippen molar-refractivity contribution in [2.75, 3.05) is 0 Å². The second-order valence-corrected chi connectivity index (χ2v) is 9.37. The second-order valence-electron chi connectivity index (χ2n) is 6.73. The van der Waals surface area contributed by atoms with Crippen molar-refractivity contribution in [1.29, 1.82) is 0 Å². The predicted molar refractivity (Wildman–Crippen MR) is 92.2 cm³/mol. The molecule has 2 heterocycles. The average Bonchev–Trinajstić information content (AvgIpc) is 3.19. The van der Waals surface area contributed by atoms with Crippen LogP contribution in [0.4, 0.5) is 0 Å². The maximum Gasteiger partial charge on any atom is 0.305 e. The Hall–Kier alpha value is -0.710. The van der Waals surface area contributed by atoms with Crippen LogP contribution < -0.4 is 4.87 Å². The van der Waals surface area contributed by atoms with E-state index in [4.69, 9.17) is 11.6 Å². The topological polar surface area (TPSA) is 32.9 Å². The number of thiazole rings is 1. The molecular weight excluding hydrogens is 334 g/mol. The highest BCUT2D eigenvalue weighted by Gasteiger charge is 2.54. The molecule has 1 aliphatic heterocycles. The van der Waals surface area contributed by atoms with E-state index in [0.29, 0.717) is 17.1 Å². The molecule has 2 nitrogen and oxygen atoms in total. The molecule has 22 heavy (non-hydrogen) atoms. The Balaban J connectivity index is 1.68. The molecule has 0 amide bonds. The number of hydrogen-bond donors (Lipinski definition) is 1. The Morgan fingerprint density at radius 3 is 2.73 bits per heavy atom. The van der Waals surface area contributed by atoms with Gasteiger partial charge in [0, 0.05) is 21.1 Å². The highest BCUT2D eigenvalue weighted by atomic mass is 35.5. The molecule has 1 N–H and O–H groups in total. The molecule has 0 radical (unpaired) electrons. The Bertz CT molecular complexity index is 781. The number of fused-ring (bicyclic) bond motifs is 6. The van der Waals surface area contributed by atoms with Crippen molar-refractivity contribution in [2.45, 2.75) is 35.5 Å². The van der Waals surface area contributed by atoms with Crippen LogP contribution in [-0.2, 0) is 0 Å². The fourth-order valence-electron chi connectivity index (χ4n) is 4.89. The van der Waals surface area contributed by atoms with Crippen LogP contribution in [0.3, 0.4) is 0 Å². The number of aromatic nitrogens is 1. The molecule has 114 valence electrons. The molecule has 0 spiro atoms. The van der Waals surface area contributed by atoms with Crippen LogP contribution in [0.5, 0.6) is 0 Å². The number of rotatable bonds is 1. The lowest BCUT2D eigenvalue weighted by molar-refractivity contribution is 0.307. The van der Waals surface area contributed by atoms with Crippen LogP contribution in [0.1, 0.15) is 35.6 Å². The van der Waals surface area contributed by atoms with Gasteiger partial charge in [0.05, 0.1) is 5.03 Å². The molecule has 1 aromatic heterocycles. The van der Waals surface area contributed by atoms with Crippen LogP contribution in [0.25, 0.3) is 0 Å². The Kier molecular flexibility index (Phi) is 3.05. The van der Waals surface area contributed by atoms with Crippen LogP contribution in [0.2, 0.25) is 5.02 Å². The standard InChI is InChI=1S/C17H16ClNOS2/c18-11-5-3-8(4-6-11)12-13-9-1-2-10(7-9)14(13)21-16-15(12)22-17(20)19-16/h3-6,9-10,12-14H,1-2,7H2,(H,19,20)/t9-,10-,12+,13-,14+/m0/s1. The summed E-state index contributed by atoms with van der Waals surface area (Å²) < 4.78 is 0. The van der Waals surface area contributed by atoms with E-state index in [1.165, 1.54) is 41.0 Å². The summed E-state index contributed by atoms with van der Waals surface area (Å²) in [4.78, 5) is 16.3. The van der Waals surface area contributed by atoms with Gasteiger partial charge in [0.1, 0.15) is 0 Å². The van der Waals surface area contributed by atoms with Crippen molar-refractivity contribution in [3.8, 4) is 0 Å². The highest BCUT2D eigenvalue weighted by Crippen LogP contribution is 2.63. The van der Waals surface area contributed by atoms with E-state index in [1.54, 1.807) is 0 Å². The molecule has 3 aliphatic rings. The summed E-state index contributed by atoms with van der Waals surface area (Å²) in [5.74, 6) is 2.72. The number of hydrogen-bond acceptors (Lipinski definition) is 3. The first kappa shape index (κ1) is 13.7. The normalized spacial score (nSPS) is 35.4. The maximum atomic E-state index is 11.9. The SMILES string of the molecule is O=c1[nH]c2c(s1)[C@H](c1ccc(Cl)cc1)[C@@H]1[C@H]3CC[C@@H](C3)[C@H]1S2. The molecule has 2 aromatic rings. The van der Waals surface area contributed by atoms with E-state index in [0.717, 1.165) is 21.9 Å². The van der Waals surface area contributed by atoms with Gasteiger partial charge in [-0.2, -0.15) is 0 Å². The van der Waals surface area contributed by atoms with E-state index < -0.39 is 0 Å². The van der Waals surface area contributed by atoms with Crippen LogP contribution in [0.15, 0.2) is 34.1 Å². The molecule has 2 bridgehead atoms. The quantitative estimate of drug-likeness (QED) is 0.806. The lowest BCUT2D eigenvalue weighted by Crippen LogP contribution is -2.33. The number of nitrogens with one attached hydrogen (secondary N) is 1. The lowest BCUT2D eigenvalue weighted by atomic mass is 9.75. The summed E-state index contributed by atoms with van der Waals surface area (Å²) >= 11 is 9.42. The third kappa shape index (κ3) is 1.90. The fraction of sp³-hybridized carbons (Fsp3) is 0.471. The first-order chi connectivity index (χ1) is 10.7. The Morgan fingerprint density at radius 2 is 1.91 bits per heavy atom. The number of thioether (sulfide) groups is 1. The molecule has 2 aliphatic carbocycles. The van der Waals surface area contributed by atoms with Crippen molar-refractivity contribution >= 4 is 34.7 Å². The van der Waals surface area contributed by atoms with Gasteiger partial charge in [-0.05, 0) is 54.7 Å². The summed E-state index contributed by atoms with van der Waals surface area (Å²) in [5.41, 5.74) is 1.32. The zero-order valence-electron chi connectivity index (χ0n) is 11.9. The summed E-state index contributed by atoms with van der Waals surface area (Å²) in [5, 5.41) is 2.59. The zero-order chi connectivity index (χ0) is 14.8. The molecule has 5 atom stereocenters. The lowest BCUT2D eigenvalue weighted by Gasteiger charge is -2.40. The number of aromatic amines is 1. The fourth-order valence-corrected chi connectivity index (χ4v) is 7.91. The molecule has 2 saturated carbocycles. The van der Waals surface area contributed by atoms with Gasteiger partial charge in [-0.25, -0.2) is 0 Å². The number of H-pyrrole nitrogens is 1. The van der Waals surface area contributed by atoms with Crippen molar-refractivity contribution in [3.05, 3.63) is 49.4 Å². The molecule has 5 rings (SSSR count). The van der Waals surface area contributed by atoms with Gasteiger partial charge in [0.15, 0.2) is 0 Å². The number of benzene rings is 1. The Morgan fingerprint density at radius 1 is 1.14 bits per heavy atom. The smallest absolute Gasteiger partial charge is 0.305 e. The average molecular weight is 350 g/mol. The van der Waals surface area contributed by atoms with Gasteiger partial charge >= 0.3 is 4.87 Å². The minimum Gasteiger partial charge on any atom is -0.307 e. The van der Waals surface area contributed by atoms with E-state index in [2.05, 4.69) is 17.1 Å². The van der Waals surface area contributed by atoms with E-state index in [1.807, 2.05) is 23.9 Å². The number of halogens is 1. The van der Waals surface area contributed by atoms with Gasteiger partial charge < -0.3 is 4.98 Å². The largest absolute Gasteiger partial charge is 0.307 e. The van der Waals surface area contributed by atoms with Gasteiger partial charge in [-0.3, -0.25) is 4.79 Å². The summed E-state index contributed by atoms with van der Waals surface area (Å²) in [6, 6.07) is 8.27. The van der Waals surface area contributed by atoms with Gasteiger partial charge in [-0.15, -0.1) is 11.8 Å². The van der Waals surface area contributed by atoms with Gasteiger partial charge in [0.2, 0.25) is 0 Å². The van der Waals surface area contributed by atoms with Crippen LogP contribution >= 0.6 is 34.7 Å². The minimum absolute atomic E-state index is 0.0868. The maximum absolute atomic E-state index is 11.9. The molecule has 5 heteroatoms. The van der Waals surface area contributed by atoms with Crippen molar-refractivity contribution in [1.82, 2.24) is 4.98 Å². The van der Waals surface area contributed by atoms with E-state index >= 15 is 0 Å². The molecule has 0 saturated heterocycles. The minimum atomic E-state index is 0.0868. The summed E-state index contributed by atoms with van der Waals surface area (Å²) in [6.07, 6.45) is 4.12. The van der Waals surface area contributed by atoms with E-state index in [-0.39, 0.29) is 4.87 Å². The third-order valence-corrected chi connectivity index (χ3v) is 8.57. The highest BCUT2D eigenvalue weighted by molar-refractivity contribution is 8.00. The van der Waals surface area contributed by atoms with Crippen LogP contribution in [0, 0.1) is 17.8 Å². The van der Waals surface area contributed by atoms with E-state index in [9.17, 15) is 4.79 Å². The molecule has 0 unspecified atom stereocenters. The van der Waals surface area contributed by atoms with Crippen molar-refractivity contribution in [3.63, 3.8) is 0 Å². The molecular formula is C17H16ClNOS2. The molecule has 2 fully saturated rings. The zero-order valence-corrected chi connectivity index (χ0v) is 14.3. The monoisotopic (exact) mass is 349 g/mol. The van der Waals surface area contributed by atoms with Crippen molar-refractivity contribution in [2.24, 2.45) is 17.8 Å². The second kappa shape index (κ2) is 4.89.